The number of hydrogen-bond donors (Lipinski definition) is 0. The highest BCUT2D eigenvalue weighted by Crippen LogP contribution is 2.46. The van der Waals surface area contributed by atoms with Crippen LogP contribution < -0.4 is 9.70 Å². The molecule has 192 valence electrons. The van der Waals surface area contributed by atoms with Crippen LogP contribution >= 0.6 is 11.3 Å². The molecule has 7 nitrogen and oxygen atoms in total. The topological polar surface area (TPSA) is 76.0 Å². The minimum absolute atomic E-state index is 0.0580. The summed E-state index contributed by atoms with van der Waals surface area (Å²) in [6, 6.07) is 25.3. The molecule has 5 rings (SSSR count). The Kier molecular flexibility index (Phi) is 7.07. The van der Waals surface area contributed by atoms with Crippen molar-refractivity contribution >= 4 is 28.9 Å². The molecule has 0 aliphatic carbocycles. The number of thiazole rings is 1. The Labute approximate surface area is 225 Å². The number of para-hydroxylation sites is 1. The Bertz CT molecular complexity index is 1580. The van der Waals surface area contributed by atoms with Gasteiger partial charge in [0, 0.05) is 59.7 Å². The van der Waals surface area contributed by atoms with Crippen molar-refractivity contribution in [3.63, 3.8) is 0 Å². The molecule has 0 saturated heterocycles. The number of likely N-dealkylation sites (N-methyl/N-ethyl adjacent to an activating group) is 1. The van der Waals surface area contributed by atoms with E-state index in [0.29, 0.717) is 6.54 Å². The summed E-state index contributed by atoms with van der Waals surface area (Å²) in [5, 5.41) is 18.0. The molecule has 0 radical (unpaired) electrons. The van der Waals surface area contributed by atoms with E-state index >= 15 is 0 Å². The van der Waals surface area contributed by atoms with Crippen LogP contribution in [0, 0.1) is 10.1 Å². The number of nitro benzene ring substituents is 1. The van der Waals surface area contributed by atoms with E-state index in [0.717, 1.165) is 28.2 Å². The molecule has 0 saturated carbocycles. The highest BCUT2D eigenvalue weighted by atomic mass is 32.1. The summed E-state index contributed by atoms with van der Waals surface area (Å²) in [7, 11) is 2.08. The largest absolute Gasteiger partial charge is 0.347 e. The molecule has 0 atom stereocenters. The maximum absolute atomic E-state index is 11.1. The Morgan fingerprint density at radius 2 is 1.71 bits per heavy atom. The van der Waals surface area contributed by atoms with E-state index in [1.165, 1.54) is 40.3 Å². The SMILES string of the molecule is CN1C(=CC=Nn2c(-c3ccc([N+](=O)[O-])cc3)csc2=NCCc2ccccc2)C(C)(C)c2ccccc21. The minimum Gasteiger partial charge on any atom is -0.347 e. The zero-order valence-corrected chi connectivity index (χ0v) is 22.4. The number of nitro groups is 1. The molecule has 0 spiro atoms. The van der Waals surface area contributed by atoms with Crippen LogP contribution in [0.3, 0.4) is 0 Å². The van der Waals surface area contributed by atoms with E-state index in [9.17, 15) is 10.1 Å². The van der Waals surface area contributed by atoms with E-state index < -0.39 is 4.92 Å². The van der Waals surface area contributed by atoms with Crippen LogP contribution in [0.15, 0.2) is 106 Å². The normalized spacial score (nSPS) is 15.9. The molecule has 4 aromatic rings. The van der Waals surface area contributed by atoms with Crippen LogP contribution in [0.25, 0.3) is 11.3 Å². The van der Waals surface area contributed by atoms with Crippen LogP contribution in [0.4, 0.5) is 11.4 Å². The Morgan fingerprint density at radius 1 is 1.00 bits per heavy atom. The van der Waals surface area contributed by atoms with Gasteiger partial charge in [0.05, 0.1) is 10.6 Å². The first-order chi connectivity index (χ1) is 18.4. The lowest BCUT2D eigenvalue weighted by Crippen LogP contribution is -2.23. The summed E-state index contributed by atoms with van der Waals surface area (Å²) >= 11 is 1.51. The second kappa shape index (κ2) is 10.6. The van der Waals surface area contributed by atoms with E-state index in [4.69, 9.17) is 10.1 Å². The summed E-state index contributed by atoms with van der Waals surface area (Å²) in [4.78, 5) is 18.6. The lowest BCUT2D eigenvalue weighted by Gasteiger charge is -2.23. The lowest BCUT2D eigenvalue weighted by atomic mass is 9.84. The number of hydrogen-bond acceptors (Lipinski definition) is 6. The van der Waals surface area contributed by atoms with Crippen molar-refractivity contribution in [3.8, 4) is 11.3 Å². The third-order valence-electron chi connectivity index (χ3n) is 6.90. The molecular weight excluding hydrogens is 494 g/mol. The van der Waals surface area contributed by atoms with Crippen molar-refractivity contribution in [2.45, 2.75) is 25.7 Å². The van der Waals surface area contributed by atoms with Gasteiger partial charge in [0.2, 0.25) is 4.80 Å². The second-order valence-corrected chi connectivity index (χ2v) is 10.5. The van der Waals surface area contributed by atoms with Gasteiger partial charge in [-0.1, -0.05) is 62.4 Å². The van der Waals surface area contributed by atoms with Crippen LogP contribution in [0.2, 0.25) is 0 Å². The predicted molar refractivity (Wildman–Crippen MR) is 155 cm³/mol. The second-order valence-electron chi connectivity index (χ2n) is 9.65. The van der Waals surface area contributed by atoms with Gasteiger partial charge in [-0.2, -0.15) is 5.10 Å². The van der Waals surface area contributed by atoms with E-state index in [-0.39, 0.29) is 11.1 Å². The van der Waals surface area contributed by atoms with Crippen LogP contribution in [-0.2, 0) is 11.8 Å². The zero-order chi connectivity index (χ0) is 26.7. The third kappa shape index (κ3) is 4.95. The predicted octanol–water partition coefficient (Wildman–Crippen LogP) is 6.41. The first-order valence-electron chi connectivity index (χ1n) is 12.4. The Morgan fingerprint density at radius 3 is 2.42 bits per heavy atom. The van der Waals surface area contributed by atoms with Gasteiger partial charge in [0.1, 0.15) is 0 Å². The highest BCUT2D eigenvalue weighted by Gasteiger charge is 2.37. The van der Waals surface area contributed by atoms with Gasteiger partial charge in [-0.3, -0.25) is 15.1 Å². The fourth-order valence-electron chi connectivity index (χ4n) is 4.87. The van der Waals surface area contributed by atoms with Crippen molar-refractivity contribution in [3.05, 3.63) is 122 Å². The summed E-state index contributed by atoms with van der Waals surface area (Å²) in [5.74, 6) is 0. The number of nitrogens with zero attached hydrogens (tertiary/aromatic N) is 5. The molecule has 3 aromatic carbocycles. The molecule has 0 bridgehead atoms. The Balaban J connectivity index is 1.50. The molecule has 0 amide bonds. The van der Waals surface area contributed by atoms with Crippen molar-refractivity contribution < 1.29 is 4.92 Å². The number of benzene rings is 3. The Hall–Kier alpha value is -4.30. The quantitative estimate of drug-likeness (QED) is 0.159. The molecule has 0 fully saturated rings. The van der Waals surface area contributed by atoms with Crippen molar-refractivity contribution in [2.24, 2.45) is 10.1 Å². The number of non-ortho nitro benzene ring substituents is 1. The minimum atomic E-state index is -0.391. The molecule has 0 unspecified atom stereocenters. The van der Waals surface area contributed by atoms with Crippen molar-refractivity contribution in [1.29, 1.82) is 0 Å². The number of fused-ring (bicyclic) bond motifs is 1. The lowest BCUT2D eigenvalue weighted by molar-refractivity contribution is -0.384. The van der Waals surface area contributed by atoms with Crippen LogP contribution in [0.5, 0.6) is 0 Å². The molecule has 0 N–H and O–H groups in total. The highest BCUT2D eigenvalue weighted by molar-refractivity contribution is 7.07. The van der Waals surface area contributed by atoms with E-state index in [1.807, 2.05) is 34.5 Å². The van der Waals surface area contributed by atoms with Gasteiger partial charge in [-0.25, -0.2) is 4.68 Å². The van der Waals surface area contributed by atoms with E-state index in [1.54, 1.807) is 12.1 Å². The van der Waals surface area contributed by atoms with Crippen molar-refractivity contribution in [1.82, 2.24) is 4.68 Å². The van der Waals surface area contributed by atoms with Gasteiger partial charge in [0.25, 0.3) is 5.69 Å². The number of aromatic nitrogens is 1. The summed E-state index contributed by atoms with van der Waals surface area (Å²) in [6.45, 7) is 5.07. The molecule has 1 aliphatic heterocycles. The van der Waals surface area contributed by atoms with Crippen LogP contribution in [0.1, 0.15) is 25.0 Å². The van der Waals surface area contributed by atoms with Gasteiger partial charge in [-0.05, 0) is 41.8 Å². The summed E-state index contributed by atoms with van der Waals surface area (Å²) in [6.07, 6.45) is 4.70. The van der Waals surface area contributed by atoms with Gasteiger partial charge in [-0.15, -0.1) is 11.3 Å². The first-order valence-corrected chi connectivity index (χ1v) is 13.3. The first kappa shape index (κ1) is 25.4. The fraction of sp³-hybridized carbons (Fsp3) is 0.200. The third-order valence-corrected chi connectivity index (χ3v) is 7.76. The number of allylic oxidation sites excluding steroid dienone is 2. The maximum atomic E-state index is 11.1. The monoisotopic (exact) mass is 523 g/mol. The van der Waals surface area contributed by atoms with Gasteiger partial charge in [0.15, 0.2) is 0 Å². The average Bonchev–Trinajstić information content (AvgIpc) is 3.41. The fourth-order valence-corrected chi connectivity index (χ4v) is 5.73. The maximum Gasteiger partial charge on any atom is 0.269 e. The molecular formula is C30H29N5O2S. The molecule has 1 aromatic heterocycles. The molecule has 8 heteroatoms. The number of anilines is 1. The standard InChI is InChI=1S/C30H29N5O2S/c1-30(2)25-11-7-8-12-26(25)33(3)28(30)18-20-32-34-27(23-13-15-24(16-14-23)35(36)37)21-38-29(34)31-19-17-22-9-5-4-6-10-22/h4-16,18,20-21H,17,19H2,1-3H3. The smallest absolute Gasteiger partial charge is 0.269 e. The van der Waals surface area contributed by atoms with Crippen LogP contribution in [-0.4, -0.2) is 29.4 Å². The van der Waals surface area contributed by atoms with Crippen molar-refractivity contribution in [2.75, 3.05) is 18.5 Å². The average molecular weight is 524 g/mol. The molecule has 2 heterocycles. The van der Waals surface area contributed by atoms with E-state index in [2.05, 4.69) is 68.3 Å². The number of rotatable bonds is 7. The van der Waals surface area contributed by atoms with Gasteiger partial charge >= 0.3 is 0 Å². The zero-order valence-electron chi connectivity index (χ0n) is 21.6. The van der Waals surface area contributed by atoms with Gasteiger partial charge < -0.3 is 4.90 Å². The summed E-state index contributed by atoms with van der Waals surface area (Å²) in [5.41, 5.74) is 6.44. The molecule has 38 heavy (non-hydrogen) atoms. The summed E-state index contributed by atoms with van der Waals surface area (Å²) < 4.78 is 1.82. The molecule has 1 aliphatic rings.